The van der Waals surface area contributed by atoms with Crippen LogP contribution in [0.15, 0.2) is 11.0 Å². The molecule has 5 nitrogen and oxygen atoms in total. The summed E-state index contributed by atoms with van der Waals surface area (Å²) >= 11 is 0. The molecule has 0 aromatic carbocycles. The number of aryl methyl sites for hydroxylation is 1. The fourth-order valence-electron chi connectivity index (χ4n) is 1.24. The van der Waals surface area contributed by atoms with Gasteiger partial charge in [0.1, 0.15) is 11.5 Å². The first kappa shape index (κ1) is 7.85. The highest BCUT2D eigenvalue weighted by molar-refractivity contribution is 5.53. The zero-order chi connectivity index (χ0) is 9.59. The van der Waals surface area contributed by atoms with Gasteiger partial charge in [0.05, 0.1) is 11.8 Å². The molecule has 3 N–H and O–H groups in total. The van der Waals surface area contributed by atoms with Crippen LogP contribution in [0.2, 0.25) is 0 Å². The number of rotatable bonds is 0. The van der Waals surface area contributed by atoms with Crippen molar-refractivity contribution in [2.45, 2.75) is 13.8 Å². The van der Waals surface area contributed by atoms with E-state index in [9.17, 15) is 4.79 Å². The Labute approximate surface area is 74.2 Å². The number of nitrogens with one attached hydrogen (secondary N) is 1. The van der Waals surface area contributed by atoms with Gasteiger partial charge in [0.25, 0.3) is 5.56 Å². The normalized spacial score (nSPS) is 10.9. The number of nitrogens with two attached hydrogens (primary N) is 1. The Hall–Kier alpha value is -1.78. The Morgan fingerprint density at radius 3 is 2.92 bits per heavy atom. The molecule has 13 heavy (non-hydrogen) atoms. The Bertz CT molecular complexity index is 523. The van der Waals surface area contributed by atoms with Crippen molar-refractivity contribution in [1.82, 2.24) is 14.6 Å². The van der Waals surface area contributed by atoms with Crippen molar-refractivity contribution in [2.24, 2.45) is 0 Å². The van der Waals surface area contributed by atoms with E-state index < -0.39 is 0 Å². The SMILES string of the molecule is Cc1c(N)n2ncc(C)c2[nH]c1=O. The molecular weight excluding hydrogens is 168 g/mol. The number of hydrogen-bond acceptors (Lipinski definition) is 3. The summed E-state index contributed by atoms with van der Waals surface area (Å²) < 4.78 is 1.53. The first-order valence-electron chi connectivity index (χ1n) is 3.94. The Morgan fingerprint density at radius 2 is 2.23 bits per heavy atom. The van der Waals surface area contributed by atoms with Gasteiger partial charge in [-0.3, -0.25) is 4.79 Å². The smallest absolute Gasteiger partial charge is 0.256 e. The van der Waals surface area contributed by atoms with Crippen LogP contribution >= 0.6 is 0 Å². The van der Waals surface area contributed by atoms with Gasteiger partial charge in [-0.2, -0.15) is 5.10 Å². The molecule has 0 saturated carbocycles. The molecule has 0 aliphatic carbocycles. The van der Waals surface area contributed by atoms with Crippen molar-refractivity contribution in [1.29, 1.82) is 0 Å². The zero-order valence-corrected chi connectivity index (χ0v) is 7.46. The van der Waals surface area contributed by atoms with Crippen LogP contribution in [0.1, 0.15) is 11.1 Å². The maximum atomic E-state index is 11.3. The van der Waals surface area contributed by atoms with Crippen LogP contribution in [0.5, 0.6) is 0 Å². The van der Waals surface area contributed by atoms with Crippen LogP contribution in [0.25, 0.3) is 5.65 Å². The molecule has 0 saturated heterocycles. The number of aromatic amines is 1. The van der Waals surface area contributed by atoms with Crippen molar-refractivity contribution < 1.29 is 0 Å². The molecule has 0 radical (unpaired) electrons. The van der Waals surface area contributed by atoms with Gasteiger partial charge in [-0.25, -0.2) is 4.52 Å². The fraction of sp³-hybridized carbons (Fsp3) is 0.250. The van der Waals surface area contributed by atoms with Crippen molar-refractivity contribution in [3.05, 3.63) is 27.7 Å². The molecule has 0 amide bonds. The highest BCUT2D eigenvalue weighted by atomic mass is 16.1. The molecule has 0 aliphatic heterocycles. The number of hydrogen-bond donors (Lipinski definition) is 2. The van der Waals surface area contributed by atoms with E-state index in [0.717, 1.165) is 5.56 Å². The van der Waals surface area contributed by atoms with Gasteiger partial charge in [0.15, 0.2) is 0 Å². The van der Waals surface area contributed by atoms with Gasteiger partial charge in [0.2, 0.25) is 0 Å². The van der Waals surface area contributed by atoms with Gasteiger partial charge in [0, 0.05) is 5.56 Å². The van der Waals surface area contributed by atoms with Crippen molar-refractivity contribution in [3.8, 4) is 0 Å². The van der Waals surface area contributed by atoms with E-state index in [2.05, 4.69) is 10.1 Å². The highest BCUT2D eigenvalue weighted by Gasteiger charge is 2.07. The Balaban J connectivity index is 3.05. The van der Waals surface area contributed by atoms with E-state index in [-0.39, 0.29) is 5.56 Å². The standard InChI is InChI=1S/C8H10N4O/c1-4-3-10-12-6(9)5(2)8(13)11-7(4)12/h3H,9H2,1-2H3,(H,11,13). The maximum Gasteiger partial charge on any atom is 0.256 e. The minimum absolute atomic E-state index is 0.159. The lowest BCUT2D eigenvalue weighted by molar-refractivity contribution is 0.931. The van der Waals surface area contributed by atoms with Crippen LogP contribution in [-0.4, -0.2) is 14.6 Å². The molecule has 0 spiro atoms. The van der Waals surface area contributed by atoms with E-state index in [0.29, 0.717) is 17.0 Å². The third-order valence-corrected chi connectivity index (χ3v) is 2.14. The summed E-state index contributed by atoms with van der Waals surface area (Å²) in [5.41, 5.74) is 7.62. The lowest BCUT2D eigenvalue weighted by Crippen LogP contribution is -2.16. The fourth-order valence-corrected chi connectivity index (χ4v) is 1.24. The van der Waals surface area contributed by atoms with Crippen LogP contribution < -0.4 is 11.3 Å². The van der Waals surface area contributed by atoms with Crippen LogP contribution in [0.3, 0.4) is 0 Å². The summed E-state index contributed by atoms with van der Waals surface area (Å²) in [6.45, 7) is 3.54. The van der Waals surface area contributed by atoms with Crippen LogP contribution in [0, 0.1) is 13.8 Å². The molecule has 0 aliphatic rings. The molecule has 68 valence electrons. The molecule has 0 unspecified atom stereocenters. The van der Waals surface area contributed by atoms with Crippen LogP contribution in [-0.2, 0) is 0 Å². The third kappa shape index (κ3) is 0.932. The average molecular weight is 178 g/mol. The first-order chi connectivity index (χ1) is 6.11. The Morgan fingerprint density at radius 1 is 1.54 bits per heavy atom. The molecular formula is C8H10N4O. The predicted octanol–water partition coefficient (Wildman–Crippen LogP) is 0.222. The van der Waals surface area contributed by atoms with Crippen molar-refractivity contribution >= 4 is 11.5 Å². The highest BCUT2D eigenvalue weighted by Crippen LogP contribution is 2.10. The maximum absolute atomic E-state index is 11.3. The van der Waals surface area contributed by atoms with E-state index >= 15 is 0 Å². The van der Waals surface area contributed by atoms with Crippen molar-refractivity contribution in [3.63, 3.8) is 0 Å². The van der Waals surface area contributed by atoms with E-state index in [4.69, 9.17) is 5.73 Å². The second kappa shape index (κ2) is 2.35. The Kier molecular flexibility index (Phi) is 1.42. The molecule has 5 heteroatoms. The molecule has 2 aromatic heterocycles. The minimum atomic E-state index is -0.159. The molecule has 2 heterocycles. The number of aromatic nitrogens is 3. The quantitative estimate of drug-likeness (QED) is 0.606. The monoisotopic (exact) mass is 178 g/mol. The second-order valence-electron chi connectivity index (χ2n) is 3.05. The van der Waals surface area contributed by atoms with Gasteiger partial charge in [-0.1, -0.05) is 0 Å². The summed E-state index contributed by atoms with van der Waals surface area (Å²) in [5.74, 6) is 0.395. The number of anilines is 1. The molecule has 0 bridgehead atoms. The molecule has 2 aromatic rings. The molecule has 0 atom stereocenters. The van der Waals surface area contributed by atoms with Crippen molar-refractivity contribution in [2.75, 3.05) is 5.73 Å². The number of nitrogen functional groups attached to an aromatic ring is 1. The lowest BCUT2D eigenvalue weighted by Gasteiger charge is -2.01. The molecule has 2 rings (SSSR count). The zero-order valence-electron chi connectivity index (χ0n) is 7.46. The lowest BCUT2D eigenvalue weighted by atomic mass is 10.3. The summed E-state index contributed by atoms with van der Waals surface area (Å²) in [6.07, 6.45) is 1.67. The van der Waals surface area contributed by atoms with E-state index in [1.807, 2.05) is 6.92 Å². The average Bonchev–Trinajstić information content (AvgIpc) is 2.45. The van der Waals surface area contributed by atoms with Gasteiger partial charge >= 0.3 is 0 Å². The number of H-pyrrole nitrogens is 1. The van der Waals surface area contributed by atoms with Gasteiger partial charge in [-0.15, -0.1) is 0 Å². The summed E-state index contributed by atoms with van der Waals surface area (Å²) in [7, 11) is 0. The third-order valence-electron chi connectivity index (χ3n) is 2.14. The molecule has 0 fully saturated rings. The minimum Gasteiger partial charge on any atom is -0.383 e. The van der Waals surface area contributed by atoms with Gasteiger partial charge in [-0.05, 0) is 13.8 Å². The van der Waals surface area contributed by atoms with E-state index in [1.54, 1.807) is 13.1 Å². The van der Waals surface area contributed by atoms with Gasteiger partial charge < -0.3 is 10.7 Å². The summed E-state index contributed by atoms with van der Waals surface area (Å²) in [5, 5.41) is 4.04. The number of fused-ring (bicyclic) bond motifs is 1. The summed E-state index contributed by atoms with van der Waals surface area (Å²) in [6, 6.07) is 0. The first-order valence-corrected chi connectivity index (χ1v) is 3.94. The largest absolute Gasteiger partial charge is 0.383 e. The van der Waals surface area contributed by atoms with E-state index in [1.165, 1.54) is 4.52 Å². The summed E-state index contributed by atoms with van der Waals surface area (Å²) in [4.78, 5) is 14.0. The predicted molar refractivity (Wildman–Crippen MR) is 49.7 cm³/mol. The topological polar surface area (TPSA) is 76.2 Å². The van der Waals surface area contributed by atoms with Crippen LogP contribution in [0.4, 0.5) is 5.82 Å². The second-order valence-corrected chi connectivity index (χ2v) is 3.05. The number of nitrogens with zero attached hydrogens (tertiary/aromatic N) is 2.